The fraction of sp³-hybridized carbons (Fsp3) is 0.455. The Bertz CT molecular complexity index is 572. The van der Waals surface area contributed by atoms with E-state index in [1.165, 1.54) is 0 Å². The van der Waals surface area contributed by atoms with Crippen LogP contribution in [0, 0.1) is 11.6 Å². The number of nitrogens with one attached hydrogen (secondary N) is 1. The molecule has 0 radical (unpaired) electrons. The summed E-state index contributed by atoms with van der Waals surface area (Å²) in [5, 5.41) is 0. The normalized spacial score (nSPS) is 19.8. The van der Waals surface area contributed by atoms with Gasteiger partial charge in [-0.05, 0) is 24.1 Å². The molecule has 0 aromatic heterocycles. The maximum absolute atomic E-state index is 13.6. The number of nitrogens with two attached hydrogens (primary N) is 1. The van der Waals surface area contributed by atoms with Crippen molar-refractivity contribution < 1.29 is 21.9 Å². The average Bonchev–Trinajstić information content (AvgIpc) is 2.84. The highest BCUT2D eigenvalue weighted by Gasteiger charge is 2.27. The topological polar surface area (TPSA) is 81.4 Å². The lowest BCUT2D eigenvalue weighted by molar-refractivity contribution is 0.192. The Hall–Kier alpha value is -1.09. The third-order valence-electron chi connectivity index (χ3n) is 2.83. The van der Waals surface area contributed by atoms with Gasteiger partial charge in [0, 0.05) is 19.2 Å². The van der Waals surface area contributed by atoms with Crippen LogP contribution >= 0.6 is 0 Å². The Kier molecular flexibility index (Phi) is 4.14. The molecule has 106 valence electrons. The van der Waals surface area contributed by atoms with Crippen LogP contribution in [0.1, 0.15) is 12.0 Å². The Morgan fingerprint density at radius 3 is 2.74 bits per heavy atom. The van der Waals surface area contributed by atoms with Crippen molar-refractivity contribution >= 4 is 10.0 Å². The van der Waals surface area contributed by atoms with Gasteiger partial charge in [-0.1, -0.05) is 0 Å². The van der Waals surface area contributed by atoms with Crippen molar-refractivity contribution in [1.29, 1.82) is 0 Å². The van der Waals surface area contributed by atoms with Crippen LogP contribution in [0.4, 0.5) is 8.78 Å². The number of ether oxygens (including phenoxy) is 1. The lowest BCUT2D eigenvalue weighted by Gasteiger charge is -2.13. The second-order valence-corrected chi connectivity index (χ2v) is 5.96. The first kappa shape index (κ1) is 14.3. The van der Waals surface area contributed by atoms with E-state index in [9.17, 15) is 17.2 Å². The smallest absolute Gasteiger partial charge is 0.243 e. The SMILES string of the molecule is NCc1cc(F)c(F)c(S(=O)(=O)NC2CCOC2)c1. The third-order valence-corrected chi connectivity index (χ3v) is 4.35. The fourth-order valence-corrected chi connectivity index (χ4v) is 3.23. The molecule has 1 aromatic rings. The van der Waals surface area contributed by atoms with Gasteiger partial charge in [-0.15, -0.1) is 0 Å². The highest BCUT2D eigenvalue weighted by molar-refractivity contribution is 7.89. The van der Waals surface area contributed by atoms with Crippen LogP contribution in [0.3, 0.4) is 0 Å². The van der Waals surface area contributed by atoms with Crippen molar-refractivity contribution in [2.75, 3.05) is 13.2 Å². The minimum atomic E-state index is -4.13. The van der Waals surface area contributed by atoms with Gasteiger partial charge in [-0.3, -0.25) is 0 Å². The molecule has 1 aromatic carbocycles. The molecule has 1 heterocycles. The van der Waals surface area contributed by atoms with Crippen LogP contribution in [-0.4, -0.2) is 27.7 Å². The summed E-state index contributed by atoms with van der Waals surface area (Å²) in [7, 11) is -4.13. The number of benzene rings is 1. The molecule has 1 aliphatic heterocycles. The number of hydrogen-bond acceptors (Lipinski definition) is 4. The van der Waals surface area contributed by atoms with E-state index in [0.717, 1.165) is 12.1 Å². The molecule has 1 fully saturated rings. The largest absolute Gasteiger partial charge is 0.380 e. The number of rotatable bonds is 4. The molecule has 5 nitrogen and oxygen atoms in total. The molecule has 0 saturated carbocycles. The summed E-state index contributed by atoms with van der Waals surface area (Å²) in [6.07, 6.45) is 0.500. The summed E-state index contributed by atoms with van der Waals surface area (Å²) in [4.78, 5) is -0.722. The highest BCUT2D eigenvalue weighted by atomic mass is 32.2. The van der Waals surface area contributed by atoms with E-state index in [-0.39, 0.29) is 18.7 Å². The van der Waals surface area contributed by atoms with Crippen LogP contribution in [0.25, 0.3) is 0 Å². The molecule has 1 unspecified atom stereocenters. The summed E-state index contributed by atoms with van der Waals surface area (Å²) in [5.74, 6) is -2.63. The molecule has 3 N–H and O–H groups in total. The predicted molar refractivity (Wildman–Crippen MR) is 63.8 cm³/mol. The van der Waals surface area contributed by atoms with Crippen LogP contribution in [0.2, 0.25) is 0 Å². The van der Waals surface area contributed by atoms with Gasteiger partial charge >= 0.3 is 0 Å². The molecule has 2 rings (SSSR count). The van der Waals surface area contributed by atoms with E-state index in [1.807, 2.05) is 0 Å². The second kappa shape index (κ2) is 5.49. The lowest BCUT2D eigenvalue weighted by atomic mass is 10.2. The molecule has 0 bridgehead atoms. The average molecular weight is 292 g/mol. The molecular weight excluding hydrogens is 278 g/mol. The zero-order chi connectivity index (χ0) is 14.0. The molecule has 1 saturated heterocycles. The van der Waals surface area contributed by atoms with Crippen molar-refractivity contribution in [1.82, 2.24) is 4.72 Å². The Morgan fingerprint density at radius 2 is 2.16 bits per heavy atom. The molecule has 19 heavy (non-hydrogen) atoms. The number of sulfonamides is 1. The monoisotopic (exact) mass is 292 g/mol. The van der Waals surface area contributed by atoms with Gasteiger partial charge in [-0.25, -0.2) is 21.9 Å². The van der Waals surface area contributed by atoms with E-state index < -0.39 is 32.6 Å². The van der Waals surface area contributed by atoms with E-state index in [0.29, 0.717) is 13.0 Å². The quantitative estimate of drug-likeness (QED) is 0.846. The third kappa shape index (κ3) is 3.08. The number of hydrogen-bond donors (Lipinski definition) is 2. The van der Waals surface area contributed by atoms with Crippen molar-refractivity contribution in [3.8, 4) is 0 Å². The van der Waals surface area contributed by atoms with Crippen LogP contribution < -0.4 is 10.5 Å². The maximum Gasteiger partial charge on any atom is 0.243 e. The second-order valence-electron chi connectivity index (χ2n) is 4.28. The van der Waals surface area contributed by atoms with Crippen molar-refractivity contribution in [2.24, 2.45) is 5.73 Å². The van der Waals surface area contributed by atoms with E-state index in [2.05, 4.69) is 4.72 Å². The lowest BCUT2D eigenvalue weighted by Crippen LogP contribution is -2.35. The van der Waals surface area contributed by atoms with Gasteiger partial charge in [0.2, 0.25) is 10.0 Å². The van der Waals surface area contributed by atoms with Gasteiger partial charge < -0.3 is 10.5 Å². The van der Waals surface area contributed by atoms with Crippen molar-refractivity contribution in [3.05, 3.63) is 29.3 Å². The van der Waals surface area contributed by atoms with Crippen LogP contribution in [0.15, 0.2) is 17.0 Å². The molecule has 1 aliphatic rings. The first-order valence-electron chi connectivity index (χ1n) is 5.72. The zero-order valence-electron chi connectivity index (χ0n) is 10.0. The maximum atomic E-state index is 13.6. The van der Waals surface area contributed by atoms with Gasteiger partial charge in [0.1, 0.15) is 4.90 Å². The summed E-state index contributed by atoms with van der Waals surface area (Å²) in [6, 6.07) is 1.50. The summed E-state index contributed by atoms with van der Waals surface area (Å²) in [5.41, 5.74) is 5.53. The summed E-state index contributed by atoms with van der Waals surface area (Å²) >= 11 is 0. The Morgan fingerprint density at radius 1 is 1.42 bits per heavy atom. The summed E-state index contributed by atoms with van der Waals surface area (Å²) in [6.45, 7) is 0.582. The van der Waals surface area contributed by atoms with Crippen LogP contribution in [-0.2, 0) is 21.3 Å². The van der Waals surface area contributed by atoms with Gasteiger partial charge in [0.25, 0.3) is 0 Å². The fourth-order valence-electron chi connectivity index (χ4n) is 1.84. The standard InChI is InChI=1S/C11H14F2N2O3S/c12-9-3-7(5-14)4-10(11(9)13)19(16,17)15-8-1-2-18-6-8/h3-4,8,15H,1-2,5-6,14H2. The van der Waals surface area contributed by atoms with Crippen LogP contribution in [0.5, 0.6) is 0 Å². The molecular formula is C11H14F2N2O3S. The first-order chi connectivity index (χ1) is 8.94. The Labute approximate surface area is 109 Å². The van der Waals surface area contributed by atoms with E-state index in [1.54, 1.807) is 0 Å². The first-order valence-corrected chi connectivity index (χ1v) is 7.20. The van der Waals surface area contributed by atoms with Crippen molar-refractivity contribution in [2.45, 2.75) is 23.9 Å². The minimum Gasteiger partial charge on any atom is -0.380 e. The molecule has 0 amide bonds. The summed E-state index contributed by atoms with van der Waals surface area (Å²) < 4.78 is 58.3. The zero-order valence-corrected chi connectivity index (χ0v) is 10.8. The van der Waals surface area contributed by atoms with E-state index in [4.69, 9.17) is 10.5 Å². The Balaban J connectivity index is 2.36. The predicted octanol–water partition coefficient (Wildman–Crippen LogP) is 0.491. The molecule has 1 atom stereocenters. The van der Waals surface area contributed by atoms with Gasteiger partial charge in [0.15, 0.2) is 11.6 Å². The van der Waals surface area contributed by atoms with Gasteiger partial charge in [-0.2, -0.15) is 0 Å². The van der Waals surface area contributed by atoms with Crippen molar-refractivity contribution in [3.63, 3.8) is 0 Å². The molecule has 0 aliphatic carbocycles. The number of halogens is 2. The van der Waals surface area contributed by atoms with E-state index >= 15 is 0 Å². The molecule has 0 spiro atoms. The van der Waals surface area contributed by atoms with Gasteiger partial charge in [0.05, 0.1) is 6.61 Å². The highest BCUT2D eigenvalue weighted by Crippen LogP contribution is 2.20. The molecule has 8 heteroatoms. The minimum absolute atomic E-state index is 0.0771.